The van der Waals surface area contributed by atoms with E-state index in [-0.39, 0.29) is 17.3 Å². The van der Waals surface area contributed by atoms with Crippen molar-refractivity contribution in [1.29, 1.82) is 5.26 Å². The lowest BCUT2D eigenvalue weighted by atomic mass is 9.84. The van der Waals surface area contributed by atoms with Gasteiger partial charge in [-0.15, -0.1) is 0 Å². The molecule has 0 amide bonds. The minimum absolute atomic E-state index is 0.195. The molecular formula is C13H17FN2. The molecule has 1 N–H and O–H groups in total. The molecule has 0 radical (unpaired) electrons. The number of nitrogens with one attached hydrogen (secondary N) is 1. The van der Waals surface area contributed by atoms with Crippen LogP contribution in [0.2, 0.25) is 0 Å². The number of hydrogen-bond donors (Lipinski definition) is 1. The van der Waals surface area contributed by atoms with Crippen molar-refractivity contribution in [2.75, 3.05) is 6.54 Å². The first kappa shape index (κ1) is 12.7. The molecule has 0 fully saturated rings. The predicted octanol–water partition coefficient (Wildman–Crippen LogP) is 2.60. The Bertz CT molecular complexity index is 393. The summed E-state index contributed by atoms with van der Waals surface area (Å²) < 4.78 is 13.6. The Kier molecular flexibility index (Phi) is 4.03. The van der Waals surface area contributed by atoms with Crippen molar-refractivity contribution in [2.24, 2.45) is 0 Å². The van der Waals surface area contributed by atoms with Crippen molar-refractivity contribution in [3.8, 4) is 6.07 Å². The smallest absolute Gasteiger partial charge is 0.126 e. The normalized spacial score (nSPS) is 13.2. The summed E-state index contributed by atoms with van der Waals surface area (Å²) in [6, 6.07) is 8.64. The maximum absolute atomic E-state index is 13.6. The van der Waals surface area contributed by atoms with E-state index < -0.39 is 0 Å². The Hall–Kier alpha value is -1.40. The molecule has 0 aromatic heterocycles. The van der Waals surface area contributed by atoms with Crippen LogP contribution in [0, 0.1) is 17.1 Å². The highest BCUT2D eigenvalue weighted by atomic mass is 19.1. The van der Waals surface area contributed by atoms with Crippen LogP contribution in [0.15, 0.2) is 24.3 Å². The van der Waals surface area contributed by atoms with Gasteiger partial charge in [-0.3, -0.25) is 0 Å². The van der Waals surface area contributed by atoms with Crippen LogP contribution < -0.4 is 5.32 Å². The highest BCUT2D eigenvalue weighted by Crippen LogP contribution is 2.24. The van der Waals surface area contributed by atoms with Crippen LogP contribution in [0.5, 0.6) is 0 Å². The standard InChI is InChI=1S/C13H17FN2/c1-10(8-15)16-9-13(2,3)11-6-4-5-7-12(11)14/h4-7,10,16H,9H2,1-3H3. The first-order valence-corrected chi connectivity index (χ1v) is 5.35. The zero-order valence-corrected chi connectivity index (χ0v) is 9.92. The number of hydrogen-bond acceptors (Lipinski definition) is 2. The van der Waals surface area contributed by atoms with Crippen LogP contribution in [0.3, 0.4) is 0 Å². The van der Waals surface area contributed by atoms with Crippen molar-refractivity contribution >= 4 is 0 Å². The third-order valence-electron chi connectivity index (χ3n) is 2.65. The van der Waals surface area contributed by atoms with E-state index in [4.69, 9.17) is 5.26 Å². The lowest BCUT2D eigenvalue weighted by Gasteiger charge is -2.26. The fourth-order valence-electron chi connectivity index (χ4n) is 1.56. The Balaban J connectivity index is 2.78. The molecule has 3 heteroatoms. The fraction of sp³-hybridized carbons (Fsp3) is 0.462. The predicted molar refractivity (Wildman–Crippen MR) is 62.5 cm³/mol. The summed E-state index contributed by atoms with van der Waals surface area (Å²) in [4.78, 5) is 0. The van der Waals surface area contributed by atoms with Gasteiger partial charge in [0, 0.05) is 12.0 Å². The van der Waals surface area contributed by atoms with Crippen molar-refractivity contribution in [3.05, 3.63) is 35.6 Å². The van der Waals surface area contributed by atoms with E-state index in [1.54, 1.807) is 19.1 Å². The third kappa shape index (κ3) is 3.04. The van der Waals surface area contributed by atoms with Gasteiger partial charge in [-0.05, 0) is 18.6 Å². The SMILES string of the molecule is CC(C#N)NCC(C)(C)c1ccccc1F. The van der Waals surface area contributed by atoms with E-state index in [0.29, 0.717) is 12.1 Å². The van der Waals surface area contributed by atoms with Crippen molar-refractivity contribution in [3.63, 3.8) is 0 Å². The average molecular weight is 220 g/mol. The van der Waals surface area contributed by atoms with Gasteiger partial charge in [0.05, 0.1) is 12.1 Å². The Morgan fingerprint density at radius 3 is 2.62 bits per heavy atom. The Morgan fingerprint density at radius 1 is 1.44 bits per heavy atom. The summed E-state index contributed by atoms with van der Waals surface area (Å²) in [6.07, 6.45) is 0. The number of rotatable bonds is 4. The molecule has 0 heterocycles. The molecule has 2 nitrogen and oxygen atoms in total. The van der Waals surface area contributed by atoms with Crippen molar-refractivity contribution < 1.29 is 4.39 Å². The highest BCUT2D eigenvalue weighted by molar-refractivity contribution is 5.26. The molecule has 0 aliphatic carbocycles. The van der Waals surface area contributed by atoms with Crippen molar-refractivity contribution in [1.82, 2.24) is 5.32 Å². The Labute approximate surface area is 96.1 Å². The first-order chi connectivity index (χ1) is 7.47. The molecule has 1 aromatic carbocycles. The second-order valence-corrected chi connectivity index (χ2v) is 4.60. The second kappa shape index (κ2) is 5.09. The summed E-state index contributed by atoms with van der Waals surface area (Å²) in [5.41, 5.74) is 0.351. The molecule has 0 aliphatic rings. The molecule has 1 rings (SSSR count). The van der Waals surface area contributed by atoms with Crippen LogP contribution in [-0.4, -0.2) is 12.6 Å². The molecule has 0 saturated heterocycles. The van der Waals surface area contributed by atoms with Crippen LogP contribution in [0.25, 0.3) is 0 Å². The molecule has 0 saturated carbocycles. The zero-order valence-electron chi connectivity index (χ0n) is 9.92. The summed E-state index contributed by atoms with van der Waals surface area (Å²) in [5, 5.41) is 11.7. The van der Waals surface area contributed by atoms with Gasteiger partial charge >= 0.3 is 0 Å². The molecule has 1 aromatic rings. The average Bonchev–Trinajstić information content (AvgIpc) is 2.26. The van der Waals surface area contributed by atoms with E-state index in [0.717, 1.165) is 0 Å². The van der Waals surface area contributed by atoms with Gasteiger partial charge in [-0.2, -0.15) is 5.26 Å². The fourth-order valence-corrected chi connectivity index (χ4v) is 1.56. The van der Waals surface area contributed by atoms with Gasteiger partial charge in [0.15, 0.2) is 0 Å². The van der Waals surface area contributed by atoms with Crippen LogP contribution in [0.4, 0.5) is 4.39 Å². The van der Waals surface area contributed by atoms with Gasteiger partial charge in [0.2, 0.25) is 0 Å². The van der Waals surface area contributed by atoms with Gasteiger partial charge < -0.3 is 5.32 Å². The van der Waals surface area contributed by atoms with Crippen molar-refractivity contribution in [2.45, 2.75) is 32.2 Å². The second-order valence-electron chi connectivity index (χ2n) is 4.60. The zero-order chi connectivity index (χ0) is 12.2. The molecule has 1 unspecified atom stereocenters. The lowest BCUT2D eigenvalue weighted by molar-refractivity contribution is 0.435. The maximum Gasteiger partial charge on any atom is 0.126 e. The van der Waals surface area contributed by atoms with Crippen LogP contribution in [-0.2, 0) is 5.41 Å². The van der Waals surface area contributed by atoms with E-state index >= 15 is 0 Å². The summed E-state index contributed by atoms with van der Waals surface area (Å²) >= 11 is 0. The minimum atomic E-state index is -0.323. The number of nitrogens with zero attached hydrogens (tertiary/aromatic N) is 1. The number of halogens is 1. The largest absolute Gasteiger partial charge is 0.301 e. The van der Waals surface area contributed by atoms with Gasteiger partial charge in [0.1, 0.15) is 5.82 Å². The quantitative estimate of drug-likeness (QED) is 0.846. The third-order valence-corrected chi connectivity index (χ3v) is 2.65. The van der Waals surface area contributed by atoms with Gasteiger partial charge in [-0.1, -0.05) is 32.0 Å². The maximum atomic E-state index is 13.6. The highest BCUT2D eigenvalue weighted by Gasteiger charge is 2.23. The van der Waals surface area contributed by atoms with Crippen LogP contribution in [0.1, 0.15) is 26.3 Å². The van der Waals surface area contributed by atoms with Gasteiger partial charge in [-0.25, -0.2) is 4.39 Å². The lowest BCUT2D eigenvalue weighted by Crippen LogP contribution is -2.37. The molecule has 1 atom stereocenters. The molecule has 0 bridgehead atoms. The van der Waals surface area contributed by atoms with E-state index in [1.807, 2.05) is 19.9 Å². The van der Waals surface area contributed by atoms with Crippen LogP contribution >= 0.6 is 0 Å². The first-order valence-electron chi connectivity index (χ1n) is 5.35. The number of benzene rings is 1. The van der Waals surface area contributed by atoms with E-state index in [2.05, 4.69) is 11.4 Å². The topological polar surface area (TPSA) is 35.8 Å². The summed E-state index contributed by atoms with van der Waals surface area (Å²) in [7, 11) is 0. The monoisotopic (exact) mass is 220 g/mol. The Morgan fingerprint density at radius 2 is 2.06 bits per heavy atom. The molecular weight excluding hydrogens is 203 g/mol. The molecule has 86 valence electrons. The molecule has 0 spiro atoms. The van der Waals surface area contributed by atoms with Gasteiger partial charge in [0.25, 0.3) is 0 Å². The molecule has 16 heavy (non-hydrogen) atoms. The number of nitriles is 1. The van der Waals surface area contributed by atoms with E-state index in [9.17, 15) is 4.39 Å². The minimum Gasteiger partial charge on any atom is -0.301 e. The molecule has 0 aliphatic heterocycles. The summed E-state index contributed by atoms with van der Waals surface area (Å²) in [6.45, 7) is 6.28. The van der Waals surface area contributed by atoms with E-state index in [1.165, 1.54) is 6.07 Å². The summed E-state index contributed by atoms with van der Waals surface area (Å²) in [5.74, 6) is -0.195.